The molecule has 1 fully saturated rings. The number of ether oxygens (including phenoxy) is 1. The molecule has 1 aromatic carbocycles. The van der Waals surface area contributed by atoms with Gasteiger partial charge in [-0.15, -0.1) is 0 Å². The number of nitrogens with zero attached hydrogens (tertiary/aromatic N) is 2. The van der Waals surface area contributed by atoms with E-state index in [1.807, 2.05) is 4.90 Å². The molecule has 28 heavy (non-hydrogen) atoms. The van der Waals surface area contributed by atoms with Crippen molar-refractivity contribution in [1.29, 1.82) is 0 Å². The summed E-state index contributed by atoms with van der Waals surface area (Å²) in [4.78, 5) is 30.4. The van der Waals surface area contributed by atoms with Crippen molar-refractivity contribution in [3.63, 3.8) is 0 Å². The molecule has 0 saturated carbocycles. The van der Waals surface area contributed by atoms with Crippen LogP contribution in [0.3, 0.4) is 0 Å². The molecule has 1 atom stereocenters. The summed E-state index contributed by atoms with van der Waals surface area (Å²) < 4.78 is 18.6. The van der Waals surface area contributed by atoms with E-state index in [0.29, 0.717) is 29.6 Å². The monoisotopic (exact) mass is 407 g/mol. The minimum Gasteiger partial charge on any atom is -0.507 e. The van der Waals surface area contributed by atoms with Crippen LogP contribution in [0.5, 0.6) is 5.75 Å². The molecule has 0 aromatic heterocycles. The molecule has 0 aliphatic carbocycles. The Morgan fingerprint density at radius 2 is 2.21 bits per heavy atom. The Bertz CT molecular complexity index is 863. The minimum absolute atomic E-state index is 0.103. The molecule has 1 saturated heterocycles. The van der Waals surface area contributed by atoms with Crippen LogP contribution in [-0.2, 0) is 9.53 Å². The number of hydrogen-bond acceptors (Lipinski definition) is 6. The zero-order valence-corrected chi connectivity index (χ0v) is 16.7. The summed E-state index contributed by atoms with van der Waals surface area (Å²) in [5.74, 6) is -1.05. The van der Waals surface area contributed by atoms with E-state index in [1.165, 1.54) is 23.9 Å². The topological polar surface area (TPSA) is 91.2 Å². The van der Waals surface area contributed by atoms with Crippen molar-refractivity contribution in [3.05, 3.63) is 34.5 Å². The highest BCUT2D eigenvalue weighted by Gasteiger charge is 2.32. The molecular weight excluding hydrogens is 385 g/mol. The molecule has 1 aromatic rings. The molecule has 2 aliphatic rings. The molecule has 1 unspecified atom stereocenters. The number of carbonyl (C=O) groups excluding carboxylic acids is 2. The number of carbonyl (C=O) groups is 2. The van der Waals surface area contributed by atoms with Crippen molar-refractivity contribution in [2.24, 2.45) is 4.99 Å². The van der Waals surface area contributed by atoms with E-state index in [-0.39, 0.29) is 17.4 Å². The Kier molecular flexibility index (Phi) is 5.64. The maximum absolute atomic E-state index is 13.4. The average Bonchev–Trinajstić information content (AvgIpc) is 3.16. The SMILES string of the molecule is CC(C)(C)OC(=O)NC1CCN(C2=NC(=O)C(=Cc3cc(F)ccc3O)S2)C1. The van der Waals surface area contributed by atoms with Gasteiger partial charge in [0.25, 0.3) is 5.91 Å². The van der Waals surface area contributed by atoms with Crippen molar-refractivity contribution in [2.45, 2.75) is 38.8 Å². The highest BCUT2D eigenvalue weighted by molar-refractivity contribution is 8.18. The molecule has 150 valence electrons. The number of likely N-dealkylation sites (tertiary alicyclic amines) is 1. The molecule has 3 rings (SSSR count). The van der Waals surface area contributed by atoms with Crippen LogP contribution < -0.4 is 5.32 Å². The summed E-state index contributed by atoms with van der Waals surface area (Å²) in [5.41, 5.74) is -0.347. The third-order valence-electron chi connectivity index (χ3n) is 4.07. The van der Waals surface area contributed by atoms with Crippen molar-refractivity contribution in [3.8, 4) is 5.75 Å². The molecule has 9 heteroatoms. The van der Waals surface area contributed by atoms with E-state index in [0.717, 1.165) is 12.1 Å². The quantitative estimate of drug-likeness (QED) is 0.732. The highest BCUT2D eigenvalue weighted by Crippen LogP contribution is 2.33. The van der Waals surface area contributed by atoms with E-state index in [4.69, 9.17) is 4.74 Å². The van der Waals surface area contributed by atoms with Crippen LogP contribution in [0.2, 0.25) is 0 Å². The predicted molar refractivity (Wildman–Crippen MR) is 105 cm³/mol. The number of amides is 2. The average molecular weight is 407 g/mol. The van der Waals surface area contributed by atoms with Crippen molar-refractivity contribution in [2.75, 3.05) is 13.1 Å². The number of halogens is 1. The second-order valence-corrected chi connectivity index (χ2v) is 8.60. The lowest BCUT2D eigenvalue weighted by atomic mass is 10.2. The van der Waals surface area contributed by atoms with E-state index < -0.39 is 23.4 Å². The number of alkyl carbamates (subject to hydrolysis) is 1. The van der Waals surface area contributed by atoms with E-state index >= 15 is 0 Å². The highest BCUT2D eigenvalue weighted by atomic mass is 32.2. The van der Waals surface area contributed by atoms with Gasteiger partial charge >= 0.3 is 6.09 Å². The number of phenols is 1. The van der Waals surface area contributed by atoms with Gasteiger partial charge in [-0.3, -0.25) is 4.79 Å². The van der Waals surface area contributed by atoms with Crippen LogP contribution in [0.25, 0.3) is 6.08 Å². The number of hydrogen-bond donors (Lipinski definition) is 2. The fourth-order valence-corrected chi connectivity index (χ4v) is 3.78. The van der Waals surface area contributed by atoms with Crippen molar-refractivity contribution >= 4 is 35.0 Å². The van der Waals surface area contributed by atoms with Crippen molar-refractivity contribution in [1.82, 2.24) is 10.2 Å². The van der Waals surface area contributed by atoms with Crippen LogP contribution in [0.15, 0.2) is 28.1 Å². The minimum atomic E-state index is -0.567. The van der Waals surface area contributed by atoms with Crippen LogP contribution in [0.4, 0.5) is 9.18 Å². The van der Waals surface area contributed by atoms with Gasteiger partial charge in [-0.25, -0.2) is 9.18 Å². The number of amidine groups is 1. The molecule has 7 nitrogen and oxygen atoms in total. The second kappa shape index (κ2) is 7.83. The number of phenolic OH excluding ortho intramolecular Hbond substituents is 1. The van der Waals surface area contributed by atoms with Crippen LogP contribution >= 0.6 is 11.8 Å². The first-order chi connectivity index (χ1) is 13.1. The first-order valence-corrected chi connectivity index (χ1v) is 9.68. The maximum atomic E-state index is 13.4. The number of aliphatic imine (C=N–C) groups is 1. The van der Waals surface area contributed by atoms with Crippen LogP contribution in [0, 0.1) is 5.82 Å². The first kappa shape index (κ1) is 20.2. The molecule has 2 N–H and O–H groups in total. The van der Waals surface area contributed by atoms with Gasteiger partial charge in [-0.05, 0) is 63.2 Å². The van der Waals surface area contributed by atoms with Gasteiger partial charge in [-0.1, -0.05) is 0 Å². The van der Waals surface area contributed by atoms with E-state index in [9.17, 15) is 19.1 Å². The molecule has 0 spiro atoms. The second-order valence-electron chi connectivity index (χ2n) is 7.59. The summed E-state index contributed by atoms with van der Waals surface area (Å²) in [6.07, 6.45) is 1.66. The molecule has 0 bridgehead atoms. The fourth-order valence-electron chi connectivity index (χ4n) is 2.84. The number of aromatic hydroxyl groups is 1. The Balaban J connectivity index is 1.61. The molecule has 2 amide bonds. The lowest BCUT2D eigenvalue weighted by Crippen LogP contribution is -2.40. The van der Waals surface area contributed by atoms with Gasteiger partial charge in [0.1, 0.15) is 17.2 Å². The summed E-state index contributed by atoms with van der Waals surface area (Å²) in [5, 5.41) is 13.2. The van der Waals surface area contributed by atoms with E-state index in [2.05, 4.69) is 10.3 Å². The Morgan fingerprint density at radius 3 is 2.93 bits per heavy atom. The summed E-state index contributed by atoms with van der Waals surface area (Å²) in [6.45, 7) is 6.54. The first-order valence-electron chi connectivity index (χ1n) is 8.86. The Labute approximate surface area is 166 Å². The Hall–Kier alpha value is -2.55. The molecule has 2 aliphatic heterocycles. The lowest BCUT2D eigenvalue weighted by molar-refractivity contribution is -0.113. The predicted octanol–water partition coefficient (Wildman–Crippen LogP) is 3.10. The zero-order chi connectivity index (χ0) is 20.5. The van der Waals surface area contributed by atoms with Gasteiger partial charge in [0.2, 0.25) is 0 Å². The number of rotatable bonds is 2. The Morgan fingerprint density at radius 1 is 1.46 bits per heavy atom. The number of benzene rings is 1. The molecule has 2 heterocycles. The summed E-state index contributed by atoms with van der Waals surface area (Å²) in [7, 11) is 0. The standard InChI is InChI=1S/C19H22FN3O4S/c1-19(2,3)27-18(26)21-13-6-7-23(10-13)17-22-16(25)15(28-17)9-11-8-12(20)4-5-14(11)24/h4-5,8-9,13,24H,6-7,10H2,1-3H3,(H,21,26). The van der Waals surface area contributed by atoms with Gasteiger partial charge < -0.3 is 20.1 Å². The fraction of sp³-hybridized carbons (Fsp3) is 0.421. The van der Waals surface area contributed by atoms with Gasteiger partial charge in [-0.2, -0.15) is 4.99 Å². The van der Waals surface area contributed by atoms with Gasteiger partial charge in [0, 0.05) is 18.7 Å². The smallest absolute Gasteiger partial charge is 0.407 e. The largest absolute Gasteiger partial charge is 0.507 e. The molecular formula is C19H22FN3O4S. The van der Waals surface area contributed by atoms with E-state index in [1.54, 1.807) is 20.8 Å². The maximum Gasteiger partial charge on any atom is 0.407 e. The molecule has 0 radical (unpaired) electrons. The van der Waals surface area contributed by atoms with Gasteiger partial charge in [0.15, 0.2) is 5.17 Å². The number of nitrogens with one attached hydrogen (secondary N) is 1. The summed E-state index contributed by atoms with van der Waals surface area (Å²) in [6, 6.07) is 3.44. The third kappa shape index (κ3) is 5.03. The zero-order valence-electron chi connectivity index (χ0n) is 15.9. The van der Waals surface area contributed by atoms with Gasteiger partial charge in [0.05, 0.1) is 10.9 Å². The lowest BCUT2D eigenvalue weighted by Gasteiger charge is -2.22. The van der Waals surface area contributed by atoms with Crippen molar-refractivity contribution < 1.29 is 23.8 Å². The van der Waals surface area contributed by atoms with Crippen LogP contribution in [-0.4, -0.2) is 51.9 Å². The number of thioether (sulfide) groups is 1. The summed E-state index contributed by atoms with van der Waals surface area (Å²) >= 11 is 1.17. The van der Waals surface area contributed by atoms with Crippen LogP contribution in [0.1, 0.15) is 32.8 Å². The third-order valence-corrected chi connectivity index (χ3v) is 5.11. The normalized spacial score (nSPS) is 21.2.